The van der Waals surface area contributed by atoms with Gasteiger partial charge in [0.25, 0.3) is 0 Å². The van der Waals surface area contributed by atoms with Crippen LogP contribution in [0.1, 0.15) is 5.69 Å². The molecule has 2 aromatic heterocycles. The van der Waals surface area contributed by atoms with E-state index in [1.54, 1.807) is 6.20 Å². The first-order chi connectivity index (χ1) is 8.16. The third-order valence-electron chi connectivity index (χ3n) is 2.87. The SMILES string of the molecule is Cc1[nH]c2ccc(Br)cc2c1-c1[nH]ncc1N. The van der Waals surface area contributed by atoms with Crippen molar-refractivity contribution in [3.63, 3.8) is 0 Å². The first-order valence-corrected chi connectivity index (χ1v) is 6.03. The fourth-order valence-corrected chi connectivity index (χ4v) is 2.48. The molecular weight excluding hydrogens is 280 g/mol. The molecule has 4 nitrogen and oxygen atoms in total. The number of nitrogen functional groups attached to an aromatic ring is 1. The maximum Gasteiger partial charge on any atom is 0.0904 e. The quantitative estimate of drug-likeness (QED) is 0.644. The van der Waals surface area contributed by atoms with Crippen molar-refractivity contribution in [2.75, 3.05) is 5.73 Å². The van der Waals surface area contributed by atoms with Crippen molar-refractivity contribution < 1.29 is 0 Å². The lowest BCUT2D eigenvalue weighted by Crippen LogP contribution is -1.87. The molecule has 4 N–H and O–H groups in total. The first kappa shape index (κ1) is 10.4. The van der Waals surface area contributed by atoms with Gasteiger partial charge in [0.05, 0.1) is 17.6 Å². The number of benzene rings is 1. The third kappa shape index (κ3) is 1.54. The second-order valence-corrected chi connectivity index (χ2v) is 4.93. The Balaban J connectivity index is 2.39. The van der Waals surface area contributed by atoms with Crippen LogP contribution >= 0.6 is 15.9 Å². The summed E-state index contributed by atoms with van der Waals surface area (Å²) in [6.07, 6.45) is 1.63. The number of aryl methyl sites for hydroxylation is 1. The number of aromatic amines is 2. The van der Waals surface area contributed by atoms with E-state index in [0.29, 0.717) is 5.69 Å². The van der Waals surface area contributed by atoms with E-state index in [9.17, 15) is 0 Å². The molecule has 0 aliphatic carbocycles. The Kier molecular flexibility index (Phi) is 2.22. The molecule has 0 saturated heterocycles. The highest BCUT2D eigenvalue weighted by Crippen LogP contribution is 2.34. The molecule has 0 bridgehead atoms. The summed E-state index contributed by atoms with van der Waals surface area (Å²) in [5.74, 6) is 0. The minimum Gasteiger partial charge on any atom is -0.396 e. The van der Waals surface area contributed by atoms with Gasteiger partial charge >= 0.3 is 0 Å². The minimum absolute atomic E-state index is 0.661. The van der Waals surface area contributed by atoms with Crippen LogP contribution in [0.15, 0.2) is 28.9 Å². The van der Waals surface area contributed by atoms with Crippen LogP contribution in [-0.2, 0) is 0 Å². The number of H-pyrrole nitrogens is 2. The van der Waals surface area contributed by atoms with Gasteiger partial charge in [0.1, 0.15) is 0 Å². The van der Waals surface area contributed by atoms with Crippen molar-refractivity contribution in [1.82, 2.24) is 15.2 Å². The van der Waals surface area contributed by atoms with Crippen LogP contribution in [0.2, 0.25) is 0 Å². The second kappa shape index (κ2) is 3.63. The van der Waals surface area contributed by atoms with Crippen molar-refractivity contribution in [2.45, 2.75) is 6.92 Å². The Morgan fingerprint density at radius 1 is 1.35 bits per heavy atom. The minimum atomic E-state index is 0.661. The Labute approximate surface area is 106 Å². The van der Waals surface area contributed by atoms with Gasteiger partial charge in [0.15, 0.2) is 0 Å². The van der Waals surface area contributed by atoms with E-state index < -0.39 is 0 Å². The van der Waals surface area contributed by atoms with Gasteiger partial charge in [-0.1, -0.05) is 15.9 Å². The van der Waals surface area contributed by atoms with E-state index >= 15 is 0 Å². The number of fused-ring (bicyclic) bond motifs is 1. The number of aromatic nitrogens is 3. The van der Waals surface area contributed by atoms with E-state index in [4.69, 9.17) is 5.73 Å². The smallest absolute Gasteiger partial charge is 0.0904 e. The normalized spacial score (nSPS) is 11.2. The Bertz CT molecular complexity index is 696. The second-order valence-electron chi connectivity index (χ2n) is 4.02. The number of nitrogens with zero attached hydrogens (tertiary/aromatic N) is 1. The van der Waals surface area contributed by atoms with Gasteiger partial charge in [-0.2, -0.15) is 5.10 Å². The summed E-state index contributed by atoms with van der Waals surface area (Å²) in [6.45, 7) is 2.03. The van der Waals surface area contributed by atoms with Gasteiger partial charge < -0.3 is 10.7 Å². The van der Waals surface area contributed by atoms with Gasteiger partial charge in [-0.15, -0.1) is 0 Å². The van der Waals surface area contributed by atoms with Crippen molar-refractivity contribution in [1.29, 1.82) is 0 Å². The molecule has 5 heteroatoms. The van der Waals surface area contributed by atoms with Crippen LogP contribution < -0.4 is 5.73 Å². The van der Waals surface area contributed by atoms with Crippen molar-refractivity contribution >= 4 is 32.5 Å². The lowest BCUT2D eigenvalue weighted by molar-refractivity contribution is 1.09. The number of hydrogen-bond acceptors (Lipinski definition) is 2. The van der Waals surface area contributed by atoms with Crippen molar-refractivity contribution in [3.05, 3.63) is 34.6 Å². The lowest BCUT2D eigenvalue weighted by atomic mass is 10.1. The maximum absolute atomic E-state index is 5.91. The summed E-state index contributed by atoms with van der Waals surface area (Å²) in [7, 11) is 0. The number of hydrogen-bond donors (Lipinski definition) is 3. The first-order valence-electron chi connectivity index (χ1n) is 5.24. The fraction of sp³-hybridized carbons (Fsp3) is 0.0833. The average molecular weight is 291 g/mol. The molecule has 86 valence electrons. The molecule has 0 aliphatic heterocycles. The Hall–Kier alpha value is -1.75. The van der Waals surface area contributed by atoms with E-state index in [0.717, 1.165) is 32.3 Å². The average Bonchev–Trinajstić information content (AvgIpc) is 2.81. The Morgan fingerprint density at radius 2 is 2.18 bits per heavy atom. The number of rotatable bonds is 1. The molecule has 0 saturated carbocycles. The standard InChI is InChI=1S/C12H11BrN4/c1-6-11(12-9(14)5-15-17-12)8-4-7(13)2-3-10(8)16-6/h2-5,16H,14H2,1H3,(H,15,17). The van der Waals surface area contributed by atoms with Gasteiger partial charge in [-0.3, -0.25) is 5.10 Å². The summed E-state index contributed by atoms with van der Waals surface area (Å²) in [6, 6.07) is 6.13. The molecule has 0 atom stereocenters. The van der Waals surface area contributed by atoms with Crippen LogP contribution in [0.25, 0.3) is 22.2 Å². The van der Waals surface area contributed by atoms with Gasteiger partial charge in [-0.05, 0) is 25.1 Å². The van der Waals surface area contributed by atoms with Crippen LogP contribution in [-0.4, -0.2) is 15.2 Å². The van der Waals surface area contributed by atoms with Gasteiger partial charge in [-0.25, -0.2) is 0 Å². The monoisotopic (exact) mass is 290 g/mol. The summed E-state index contributed by atoms with van der Waals surface area (Å²) < 4.78 is 1.04. The van der Waals surface area contributed by atoms with E-state index in [1.807, 2.05) is 19.1 Å². The lowest BCUT2D eigenvalue weighted by Gasteiger charge is -2.00. The molecule has 0 amide bonds. The molecule has 0 aliphatic rings. The number of halogens is 1. The zero-order valence-electron chi connectivity index (χ0n) is 9.21. The number of nitrogens with two attached hydrogens (primary N) is 1. The fourth-order valence-electron chi connectivity index (χ4n) is 2.12. The summed E-state index contributed by atoms with van der Waals surface area (Å²) in [4.78, 5) is 3.35. The highest BCUT2D eigenvalue weighted by Gasteiger charge is 2.14. The van der Waals surface area contributed by atoms with Gasteiger partial charge in [0.2, 0.25) is 0 Å². The van der Waals surface area contributed by atoms with Crippen LogP contribution in [0.3, 0.4) is 0 Å². The maximum atomic E-state index is 5.91. The van der Waals surface area contributed by atoms with E-state index in [-0.39, 0.29) is 0 Å². The highest BCUT2D eigenvalue weighted by molar-refractivity contribution is 9.10. The molecule has 0 unspecified atom stereocenters. The zero-order chi connectivity index (χ0) is 12.0. The molecule has 0 radical (unpaired) electrons. The zero-order valence-corrected chi connectivity index (χ0v) is 10.8. The van der Waals surface area contributed by atoms with Crippen LogP contribution in [0, 0.1) is 6.92 Å². The molecule has 17 heavy (non-hydrogen) atoms. The van der Waals surface area contributed by atoms with Crippen LogP contribution in [0.5, 0.6) is 0 Å². The van der Waals surface area contributed by atoms with Crippen molar-refractivity contribution in [2.24, 2.45) is 0 Å². The third-order valence-corrected chi connectivity index (χ3v) is 3.36. The molecule has 3 rings (SSSR count). The number of anilines is 1. The van der Waals surface area contributed by atoms with E-state index in [2.05, 4.69) is 37.2 Å². The summed E-state index contributed by atoms with van der Waals surface area (Å²) >= 11 is 3.49. The van der Waals surface area contributed by atoms with Crippen LogP contribution in [0.4, 0.5) is 5.69 Å². The molecule has 3 aromatic rings. The highest BCUT2D eigenvalue weighted by atomic mass is 79.9. The molecule has 0 spiro atoms. The largest absolute Gasteiger partial charge is 0.396 e. The summed E-state index contributed by atoms with van der Waals surface area (Å²) in [5, 5.41) is 8.05. The predicted molar refractivity (Wildman–Crippen MR) is 72.7 cm³/mol. The van der Waals surface area contributed by atoms with E-state index in [1.165, 1.54) is 0 Å². The topological polar surface area (TPSA) is 70.5 Å². The molecule has 2 heterocycles. The molecule has 0 fully saturated rings. The summed E-state index contributed by atoms with van der Waals surface area (Å²) in [5.41, 5.74) is 10.7. The predicted octanol–water partition coefficient (Wildman–Crippen LogP) is 3.21. The Morgan fingerprint density at radius 3 is 2.88 bits per heavy atom. The van der Waals surface area contributed by atoms with Gasteiger partial charge in [0, 0.05) is 26.6 Å². The molecular formula is C12H11BrN4. The molecule has 1 aromatic carbocycles. The van der Waals surface area contributed by atoms with Crippen molar-refractivity contribution in [3.8, 4) is 11.3 Å². The number of nitrogens with one attached hydrogen (secondary N) is 2.